The summed E-state index contributed by atoms with van der Waals surface area (Å²) in [5.41, 5.74) is 0.277. The summed E-state index contributed by atoms with van der Waals surface area (Å²) in [4.78, 5) is 11.3. The van der Waals surface area contributed by atoms with Gasteiger partial charge in [0, 0.05) is 12.0 Å². The van der Waals surface area contributed by atoms with Gasteiger partial charge in [-0.15, -0.1) is 0 Å². The molecule has 3 aliphatic rings. The number of rotatable bonds is 0. The highest BCUT2D eigenvalue weighted by Crippen LogP contribution is 2.58. The van der Waals surface area contributed by atoms with Gasteiger partial charge in [0.1, 0.15) is 0 Å². The van der Waals surface area contributed by atoms with Gasteiger partial charge in [0.2, 0.25) is 5.91 Å². The fourth-order valence-electron chi connectivity index (χ4n) is 3.84. The van der Waals surface area contributed by atoms with Crippen molar-refractivity contribution in [1.82, 2.24) is 5.32 Å². The van der Waals surface area contributed by atoms with Crippen LogP contribution in [0.25, 0.3) is 0 Å². The van der Waals surface area contributed by atoms with E-state index in [1.54, 1.807) is 0 Å². The third-order valence-electron chi connectivity index (χ3n) is 4.19. The van der Waals surface area contributed by atoms with Gasteiger partial charge in [0.25, 0.3) is 0 Å². The fourth-order valence-corrected chi connectivity index (χ4v) is 3.84. The largest absolute Gasteiger partial charge is 0.350 e. The molecule has 1 aliphatic heterocycles. The zero-order valence-corrected chi connectivity index (χ0v) is 7.47. The maximum Gasteiger partial charge on any atom is 0.220 e. The van der Waals surface area contributed by atoms with Crippen LogP contribution < -0.4 is 5.32 Å². The average Bonchev–Trinajstić information content (AvgIpc) is 2.19. The SMILES string of the molecule is C[C@H]1CC23C[C@@H](CC(=O)N2)C[C@@H]13. The molecule has 2 heteroatoms. The first-order valence-electron chi connectivity index (χ1n) is 5.01. The minimum absolute atomic E-state index is 0.277. The van der Waals surface area contributed by atoms with Crippen molar-refractivity contribution in [1.29, 1.82) is 0 Å². The summed E-state index contributed by atoms with van der Waals surface area (Å²) in [5, 5.41) is 3.21. The standard InChI is InChI=1S/C10H15NO/c1-6-4-10-5-7(2-8(6)10)3-9(12)11-10/h6-8H,2-5H2,1H3,(H,11,12)/t6-,7+,8-,10?/m0/s1. The lowest BCUT2D eigenvalue weighted by atomic mass is 9.61. The first-order chi connectivity index (χ1) is 5.70. The predicted octanol–water partition coefficient (Wildman–Crippen LogP) is 1.31. The topological polar surface area (TPSA) is 29.1 Å². The molecule has 0 aromatic rings. The van der Waals surface area contributed by atoms with E-state index in [1.165, 1.54) is 19.3 Å². The van der Waals surface area contributed by atoms with Crippen LogP contribution in [0.5, 0.6) is 0 Å². The number of nitrogens with one attached hydrogen (secondary N) is 1. The second kappa shape index (κ2) is 1.86. The molecule has 3 rings (SSSR count). The minimum atomic E-state index is 0.277. The number of carbonyl (C=O) groups is 1. The average molecular weight is 165 g/mol. The molecule has 2 aliphatic carbocycles. The van der Waals surface area contributed by atoms with Gasteiger partial charge in [-0.05, 0) is 37.0 Å². The molecular weight excluding hydrogens is 150 g/mol. The lowest BCUT2D eigenvalue weighted by Gasteiger charge is -2.51. The van der Waals surface area contributed by atoms with Gasteiger partial charge in [0.05, 0.1) is 0 Å². The molecule has 2 saturated carbocycles. The van der Waals surface area contributed by atoms with Crippen LogP contribution in [0.3, 0.4) is 0 Å². The van der Waals surface area contributed by atoms with Crippen LogP contribution in [0.4, 0.5) is 0 Å². The van der Waals surface area contributed by atoms with Crippen LogP contribution in [0.2, 0.25) is 0 Å². The second-order valence-corrected chi connectivity index (χ2v) is 5.00. The fraction of sp³-hybridized carbons (Fsp3) is 0.900. The Morgan fingerprint density at radius 3 is 3.08 bits per heavy atom. The van der Waals surface area contributed by atoms with Crippen LogP contribution in [0.15, 0.2) is 0 Å². The van der Waals surface area contributed by atoms with E-state index in [2.05, 4.69) is 12.2 Å². The summed E-state index contributed by atoms with van der Waals surface area (Å²) < 4.78 is 0. The van der Waals surface area contributed by atoms with Crippen LogP contribution in [0.1, 0.15) is 32.6 Å². The van der Waals surface area contributed by atoms with E-state index in [0.29, 0.717) is 11.8 Å². The third-order valence-corrected chi connectivity index (χ3v) is 4.19. The Balaban J connectivity index is 1.93. The Morgan fingerprint density at radius 1 is 1.50 bits per heavy atom. The van der Waals surface area contributed by atoms with E-state index in [1.807, 2.05) is 0 Å². The van der Waals surface area contributed by atoms with E-state index < -0.39 is 0 Å². The van der Waals surface area contributed by atoms with Crippen molar-refractivity contribution in [3.8, 4) is 0 Å². The van der Waals surface area contributed by atoms with Crippen LogP contribution >= 0.6 is 0 Å². The van der Waals surface area contributed by atoms with Crippen molar-refractivity contribution in [3.05, 3.63) is 0 Å². The molecule has 0 aromatic carbocycles. The second-order valence-electron chi connectivity index (χ2n) is 5.00. The van der Waals surface area contributed by atoms with Crippen molar-refractivity contribution in [3.63, 3.8) is 0 Å². The smallest absolute Gasteiger partial charge is 0.220 e. The summed E-state index contributed by atoms with van der Waals surface area (Å²) in [6, 6.07) is 0. The first-order valence-corrected chi connectivity index (χ1v) is 5.01. The van der Waals surface area contributed by atoms with Crippen molar-refractivity contribution in [2.45, 2.75) is 38.1 Å². The number of amides is 1. The Morgan fingerprint density at radius 2 is 2.33 bits per heavy atom. The lowest BCUT2D eigenvalue weighted by molar-refractivity contribution is -0.128. The van der Waals surface area contributed by atoms with Gasteiger partial charge in [-0.3, -0.25) is 4.79 Å². The maximum atomic E-state index is 11.3. The Labute approximate surface area is 72.7 Å². The van der Waals surface area contributed by atoms with Crippen molar-refractivity contribution in [2.75, 3.05) is 0 Å². The Hall–Kier alpha value is -0.530. The van der Waals surface area contributed by atoms with Crippen LogP contribution in [-0.4, -0.2) is 11.4 Å². The molecule has 2 nitrogen and oxygen atoms in total. The van der Waals surface area contributed by atoms with Crippen LogP contribution in [-0.2, 0) is 4.79 Å². The Kier molecular flexibility index (Phi) is 1.07. The van der Waals surface area contributed by atoms with Gasteiger partial charge >= 0.3 is 0 Å². The molecule has 1 unspecified atom stereocenters. The highest BCUT2D eigenvalue weighted by molar-refractivity contribution is 5.79. The normalized spacial score (nSPS) is 55.8. The molecule has 0 aromatic heterocycles. The molecule has 2 bridgehead atoms. The molecule has 1 heterocycles. The monoisotopic (exact) mass is 165 g/mol. The summed E-state index contributed by atoms with van der Waals surface area (Å²) in [6.45, 7) is 2.32. The van der Waals surface area contributed by atoms with Gasteiger partial charge in [-0.1, -0.05) is 6.92 Å². The highest BCUT2D eigenvalue weighted by Gasteiger charge is 2.60. The van der Waals surface area contributed by atoms with E-state index >= 15 is 0 Å². The molecule has 12 heavy (non-hydrogen) atoms. The minimum Gasteiger partial charge on any atom is -0.350 e. The number of fused-ring (bicyclic) bond motifs is 1. The van der Waals surface area contributed by atoms with E-state index in [4.69, 9.17) is 0 Å². The zero-order valence-electron chi connectivity index (χ0n) is 7.47. The van der Waals surface area contributed by atoms with Gasteiger partial charge < -0.3 is 5.32 Å². The van der Waals surface area contributed by atoms with E-state index in [9.17, 15) is 4.79 Å². The zero-order chi connectivity index (χ0) is 8.34. The van der Waals surface area contributed by atoms with Crippen molar-refractivity contribution >= 4 is 5.91 Å². The molecule has 66 valence electrons. The summed E-state index contributed by atoms with van der Waals surface area (Å²) in [7, 11) is 0. The first kappa shape index (κ1) is 6.93. The van der Waals surface area contributed by atoms with Gasteiger partial charge in [-0.2, -0.15) is 0 Å². The van der Waals surface area contributed by atoms with E-state index in [-0.39, 0.29) is 5.54 Å². The molecule has 1 saturated heterocycles. The van der Waals surface area contributed by atoms with Gasteiger partial charge in [-0.25, -0.2) is 0 Å². The molecular formula is C10H15NO. The van der Waals surface area contributed by atoms with Crippen molar-refractivity contribution < 1.29 is 4.79 Å². The molecule has 1 N–H and O–H groups in total. The molecule has 4 atom stereocenters. The van der Waals surface area contributed by atoms with Crippen LogP contribution in [0, 0.1) is 17.8 Å². The number of hydrogen-bond acceptors (Lipinski definition) is 1. The summed E-state index contributed by atoms with van der Waals surface area (Å²) in [6.07, 6.45) is 4.61. The summed E-state index contributed by atoms with van der Waals surface area (Å²) in [5.74, 6) is 2.69. The summed E-state index contributed by atoms with van der Waals surface area (Å²) >= 11 is 0. The number of piperidine rings is 1. The lowest BCUT2D eigenvalue weighted by Crippen LogP contribution is -2.62. The predicted molar refractivity (Wildman–Crippen MR) is 45.5 cm³/mol. The van der Waals surface area contributed by atoms with E-state index in [0.717, 1.165) is 18.3 Å². The quantitative estimate of drug-likeness (QED) is 0.576. The third kappa shape index (κ3) is 0.644. The maximum absolute atomic E-state index is 11.3. The molecule has 1 spiro atoms. The Bertz CT molecular complexity index is 250. The molecule has 0 radical (unpaired) electrons. The number of hydrogen-bond donors (Lipinski definition) is 1. The number of carbonyl (C=O) groups excluding carboxylic acids is 1. The highest BCUT2D eigenvalue weighted by atomic mass is 16.1. The molecule has 1 amide bonds. The van der Waals surface area contributed by atoms with Gasteiger partial charge in [0.15, 0.2) is 0 Å². The van der Waals surface area contributed by atoms with Crippen molar-refractivity contribution in [2.24, 2.45) is 17.8 Å². The molecule has 3 fully saturated rings.